The molecule has 8 nitrogen and oxygen atoms in total. The van der Waals surface area contributed by atoms with E-state index >= 15 is 0 Å². The van der Waals surface area contributed by atoms with Gasteiger partial charge in [-0.1, -0.05) is 0 Å². The van der Waals surface area contributed by atoms with Crippen LogP contribution in [0.3, 0.4) is 0 Å². The summed E-state index contributed by atoms with van der Waals surface area (Å²) in [6, 6.07) is -1.97. The van der Waals surface area contributed by atoms with E-state index < -0.39 is 36.0 Å². The van der Waals surface area contributed by atoms with E-state index in [0.717, 1.165) is 0 Å². The van der Waals surface area contributed by atoms with E-state index in [0.29, 0.717) is 19.4 Å². The molecule has 1 heterocycles. The number of nitrogens with zero attached hydrogens (tertiary/aromatic N) is 1. The number of hydrogen-bond donors (Lipinski definition) is 4. The molecule has 1 fully saturated rings. The van der Waals surface area contributed by atoms with E-state index in [2.05, 4.69) is 5.32 Å². The van der Waals surface area contributed by atoms with Crippen LogP contribution in [0.5, 0.6) is 0 Å². The number of nitrogens with one attached hydrogen (secondary N) is 1. The van der Waals surface area contributed by atoms with Crippen molar-refractivity contribution in [1.29, 1.82) is 0 Å². The standard InChI is InChI=1S/C11H19N3O5/c1-11(19)3-2-4-14(6-11)10(18)13-7(9(16)17)5-8(12)15/h7,19H,2-6H2,1H3,(H2,12,15)(H,13,18)(H,16,17)/t7-,11?/m1/s1. The van der Waals surface area contributed by atoms with Gasteiger partial charge in [0.15, 0.2) is 0 Å². The molecule has 108 valence electrons. The Hall–Kier alpha value is -1.83. The van der Waals surface area contributed by atoms with Gasteiger partial charge in [-0.05, 0) is 19.8 Å². The Labute approximate surface area is 110 Å². The van der Waals surface area contributed by atoms with Crippen molar-refractivity contribution in [2.75, 3.05) is 13.1 Å². The maximum absolute atomic E-state index is 11.9. The number of carbonyl (C=O) groups is 3. The van der Waals surface area contributed by atoms with Gasteiger partial charge in [0, 0.05) is 6.54 Å². The van der Waals surface area contributed by atoms with Crippen molar-refractivity contribution < 1.29 is 24.6 Å². The molecular formula is C11H19N3O5. The third-order valence-corrected chi connectivity index (χ3v) is 2.96. The fraction of sp³-hybridized carbons (Fsp3) is 0.727. The van der Waals surface area contributed by atoms with Crippen LogP contribution in [0.4, 0.5) is 4.79 Å². The molecule has 0 spiro atoms. The number of hydrogen-bond acceptors (Lipinski definition) is 4. The van der Waals surface area contributed by atoms with Crippen molar-refractivity contribution in [2.45, 2.75) is 37.8 Å². The van der Waals surface area contributed by atoms with Crippen LogP contribution in [-0.4, -0.2) is 57.8 Å². The first-order valence-electron chi connectivity index (χ1n) is 6.00. The second-order valence-corrected chi connectivity index (χ2v) is 5.03. The van der Waals surface area contributed by atoms with E-state index in [1.807, 2.05) is 0 Å². The lowest BCUT2D eigenvalue weighted by molar-refractivity contribution is -0.141. The molecule has 1 aliphatic rings. The van der Waals surface area contributed by atoms with Gasteiger partial charge in [0.1, 0.15) is 6.04 Å². The molecule has 5 N–H and O–H groups in total. The van der Waals surface area contributed by atoms with Crippen LogP contribution in [0.1, 0.15) is 26.2 Å². The molecule has 0 aromatic carbocycles. The SMILES string of the molecule is CC1(O)CCCN(C(=O)N[C@H](CC(N)=O)C(=O)O)C1. The number of likely N-dealkylation sites (tertiary alicyclic amines) is 1. The van der Waals surface area contributed by atoms with Crippen LogP contribution < -0.4 is 11.1 Å². The lowest BCUT2D eigenvalue weighted by Crippen LogP contribution is -2.55. The number of β-amino-alcohol motifs (C(OH)–C–C–N with tert-alkyl or cyclic N) is 1. The van der Waals surface area contributed by atoms with Crippen LogP contribution >= 0.6 is 0 Å². The zero-order chi connectivity index (χ0) is 14.6. The van der Waals surface area contributed by atoms with E-state index in [-0.39, 0.29) is 6.54 Å². The predicted molar refractivity (Wildman–Crippen MR) is 65.2 cm³/mol. The van der Waals surface area contributed by atoms with Gasteiger partial charge in [-0.15, -0.1) is 0 Å². The molecule has 0 radical (unpaired) electrons. The molecular weight excluding hydrogens is 254 g/mol. The number of aliphatic carboxylic acids is 1. The van der Waals surface area contributed by atoms with Gasteiger partial charge >= 0.3 is 12.0 Å². The molecule has 19 heavy (non-hydrogen) atoms. The zero-order valence-electron chi connectivity index (χ0n) is 10.8. The van der Waals surface area contributed by atoms with E-state index in [1.54, 1.807) is 6.92 Å². The quantitative estimate of drug-likeness (QED) is 0.514. The fourth-order valence-corrected chi connectivity index (χ4v) is 2.03. The monoisotopic (exact) mass is 273 g/mol. The first-order chi connectivity index (χ1) is 8.71. The number of rotatable bonds is 4. The van der Waals surface area contributed by atoms with Gasteiger partial charge in [-0.2, -0.15) is 0 Å². The van der Waals surface area contributed by atoms with Gasteiger partial charge in [-0.25, -0.2) is 9.59 Å². The second kappa shape index (κ2) is 5.87. The molecule has 0 bridgehead atoms. The molecule has 8 heteroatoms. The fourth-order valence-electron chi connectivity index (χ4n) is 2.03. The van der Waals surface area contributed by atoms with E-state index in [1.165, 1.54) is 4.90 Å². The number of carboxylic acids is 1. The third-order valence-electron chi connectivity index (χ3n) is 2.96. The predicted octanol–water partition coefficient (Wildman–Crippen LogP) is -1.13. The maximum atomic E-state index is 11.9. The van der Waals surface area contributed by atoms with Crippen LogP contribution in [-0.2, 0) is 9.59 Å². The summed E-state index contributed by atoms with van der Waals surface area (Å²) in [5, 5.41) is 21.0. The summed E-state index contributed by atoms with van der Waals surface area (Å²) in [6.07, 6.45) is 0.750. The molecule has 1 unspecified atom stereocenters. The van der Waals surface area contributed by atoms with Gasteiger partial charge < -0.3 is 26.2 Å². The topological polar surface area (TPSA) is 133 Å². The van der Waals surface area contributed by atoms with Gasteiger partial charge in [0.25, 0.3) is 0 Å². The Morgan fingerprint density at radius 1 is 1.47 bits per heavy atom. The normalized spacial score (nSPS) is 24.6. The summed E-state index contributed by atoms with van der Waals surface area (Å²) in [4.78, 5) is 34.8. The van der Waals surface area contributed by atoms with Crippen molar-refractivity contribution >= 4 is 17.9 Å². The molecule has 0 saturated carbocycles. The smallest absolute Gasteiger partial charge is 0.326 e. The number of nitrogens with two attached hydrogens (primary N) is 1. The average Bonchev–Trinajstić information content (AvgIpc) is 2.25. The van der Waals surface area contributed by atoms with E-state index in [9.17, 15) is 19.5 Å². The molecule has 0 aromatic rings. The Balaban J connectivity index is 2.61. The van der Waals surface area contributed by atoms with Crippen molar-refractivity contribution in [3.05, 3.63) is 0 Å². The molecule has 1 saturated heterocycles. The molecule has 3 amide bonds. The highest BCUT2D eigenvalue weighted by atomic mass is 16.4. The number of aliphatic hydroxyl groups is 1. The first-order valence-corrected chi connectivity index (χ1v) is 6.00. The third kappa shape index (κ3) is 4.74. The van der Waals surface area contributed by atoms with Crippen molar-refractivity contribution in [3.8, 4) is 0 Å². The molecule has 0 aliphatic carbocycles. The van der Waals surface area contributed by atoms with Gasteiger partial charge in [0.2, 0.25) is 5.91 Å². The van der Waals surface area contributed by atoms with Crippen molar-refractivity contribution in [1.82, 2.24) is 10.2 Å². The zero-order valence-corrected chi connectivity index (χ0v) is 10.8. The highest BCUT2D eigenvalue weighted by Crippen LogP contribution is 2.20. The Kier molecular flexibility index (Phi) is 4.71. The Morgan fingerprint density at radius 3 is 2.58 bits per heavy atom. The number of carboxylic acid groups (broad SMARTS) is 1. The molecule has 1 rings (SSSR count). The Morgan fingerprint density at radius 2 is 2.11 bits per heavy atom. The largest absolute Gasteiger partial charge is 0.480 e. The average molecular weight is 273 g/mol. The van der Waals surface area contributed by atoms with Crippen LogP contribution in [0.2, 0.25) is 0 Å². The van der Waals surface area contributed by atoms with Gasteiger partial charge in [0.05, 0.1) is 18.6 Å². The number of piperidine rings is 1. The summed E-state index contributed by atoms with van der Waals surface area (Å²) in [5.74, 6) is -2.13. The number of urea groups is 1. The van der Waals surface area contributed by atoms with Gasteiger partial charge in [-0.3, -0.25) is 4.79 Å². The summed E-state index contributed by atoms with van der Waals surface area (Å²) < 4.78 is 0. The lowest BCUT2D eigenvalue weighted by Gasteiger charge is -2.37. The summed E-state index contributed by atoms with van der Waals surface area (Å²) in [7, 11) is 0. The van der Waals surface area contributed by atoms with Crippen molar-refractivity contribution in [2.24, 2.45) is 5.73 Å². The van der Waals surface area contributed by atoms with Crippen molar-refractivity contribution in [3.63, 3.8) is 0 Å². The minimum absolute atomic E-state index is 0.127. The van der Waals surface area contributed by atoms with E-state index in [4.69, 9.17) is 10.8 Å². The minimum atomic E-state index is -1.35. The summed E-state index contributed by atoms with van der Waals surface area (Å²) in [5.41, 5.74) is 3.95. The number of amides is 3. The highest BCUT2D eigenvalue weighted by Gasteiger charge is 2.32. The first kappa shape index (κ1) is 15.2. The van der Waals surface area contributed by atoms with Crippen LogP contribution in [0.15, 0.2) is 0 Å². The summed E-state index contributed by atoms with van der Waals surface area (Å²) in [6.45, 7) is 2.18. The highest BCUT2D eigenvalue weighted by molar-refractivity contribution is 5.87. The van der Waals surface area contributed by atoms with Crippen LogP contribution in [0, 0.1) is 0 Å². The molecule has 1 aliphatic heterocycles. The second-order valence-electron chi connectivity index (χ2n) is 5.03. The summed E-state index contributed by atoms with van der Waals surface area (Å²) >= 11 is 0. The number of primary amides is 1. The molecule has 2 atom stereocenters. The Bertz CT molecular complexity index is 383. The molecule has 0 aromatic heterocycles. The van der Waals surface area contributed by atoms with Crippen LogP contribution in [0.25, 0.3) is 0 Å². The lowest BCUT2D eigenvalue weighted by atomic mass is 9.95. The maximum Gasteiger partial charge on any atom is 0.326 e. The number of carbonyl (C=O) groups excluding carboxylic acids is 2. The minimum Gasteiger partial charge on any atom is -0.480 e.